The zero-order valence-corrected chi connectivity index (χ0v) is 25.2. The normalized spacial score (nSPS) is 25.0. The second-order valence-corrected chi connectivity index (χ2v) is 14.8. The molecule has 0 aromatic carbocycles. The van der Waals surface area contributed by atoms with Gasteiger partial charge in [-0.3, -0.25) is 18.3 Å². The van der Waals surface area contributed by atoms with Crippen LogP contribution in [0.1, 0.15) is 32.1 Å². The topological polar surface area (TPSA) is 332 Å². The van der Waals surface area contributed by atoms with E-state index in [-0.39, 0.29) is 25.2 Å². The first-order chi connectivity index (χ1) is 19.5. The number of rotatable bonds is 18. The number of ether oxygens (including phenoxy) is 1. The fourth-order valence-electron chi connectivity index (χ4n) is 3.72. The van der Waals surface area contributed by atoms with Crippen molar-refractivity contribution in [2.24, 2.45) is 5.73 Å². The summed E-state index contributed by atoms with van der Waals surface area (Å²) in [5, 5.41) is 10.2. The predicted octanol–water partition coefficient (Wildman–Crippen LogP) is -1.60. The minimum absolute atomic E-state index is 0.00314. The van der Waals surface area contributed by atoms with E-state index in [0.29, 0.717) is 37.0 Å². The van der Waals surface area contributed by atoms with Gasteiger partial charge >= 0.3 is 0 Å². The molecule has 0 aliphatic carbocycles. The number of nitrogen functional groups attached to an aromatic ring is 1. The third-order valence-electron chi connectivity index (χ3n) is 5.48. The first kappa shape index (κ1) is 35.3. The number of nitrogens with two attached hydrogens (primary N) is 2. The number of unbranched alkanes of at least 4 members (excludes halogenated alkanes) is 3. The third-order valence-corrected chi connectivity index (χ3v) is 11.2. The van der Waals surface area contributed by atoms with Gasteiger partial charge in [-0.1, -0.05) is 12.8 Å². The molecule has 2 aromatic rings. The highest BCUT2D eigenvalue weighted by molar-refractivity contribution is 7.68. The minimum atomic E-state index is -6.34. The number of anilines is 1. The summed E-state index contributed by atoms with van der Waals surface area (Å²) in [5.41, 5.74) is 11.8. The van der Waals surface area contributed by atoms with Crippen molar-refractivity contribution in [3.63, 3.8) is 0 Å². The van der Waals surface area contributed by atoms with Gasteiger partial charge in [0, 0.05) is 6.42 Å². The summed E-state index contributed by atoms with van der Waals surface area (Å²) in [5.74, 6) is 0.142. The number of fused-ring (bicyclic) bond motifs is 1. The van der Waals surface area contributed by atoms with E-state index in [1.165, 1.54) is 12.7 Å². The number of aliphatic hydroxyl groups is 1. The summed E-state index contributed by atoms with van der Waals surface area (Å²) < 4.78 is 73.9. The van der Waals surface area contributed by atoms with Crippen LogP contribution in [-0.4, -0.2) is 62.7 Å². The largest absolute Gasteiger partial charge is 0.756 e. The van der Waals surface area contributed by atoms with Crippen molar-refractivity contribution in [3.8, 4) is 0 Å². The van der Waals surface area contributed by atoms with Gasteiger partial charge in [0.05, 0.1) is 38.3 Å². The molecule has 0 spiro atoms. The van der Waals surface area contributed by atoms with E-state index in [2.05, 4.69) is 36.9 Å². The first-order valence-corrected chi connectivity index (χ1v) is 18.0. The molecule has 2 aromatic heterocycles. The Morgan fingerprint density at radius 2 is 1.55 bits per heavy atom. The van der Waals surface area contributed by atoms with Crippen LogP contribution in [0.5, 0.6) is 0 Å². The molecule has 1 aliphatic rings. The number of imidazole rings is 1. The van der Waals surface area contributed by atoms with Crippen molar-refractivity contribution >= 4 is 48.3 Å². The Bertz CT molecular complexity index is 1400. The third kappa shape index (κ3) is 11.1. The van der Waals surface area contributed by atoms with Crippen LogP contribution in [0.4, 0.5) is 5.82 Å². The van der Waals surface area contributed by atoms with Crippen LogP contribution in [0.3, 0.4) is 0 Å². The van der Waals surface area contributed by atoms with Gasteiger partial charge in [0.2, 0.25) is 0 Å². The second kappa shape index (κ2) is 14.7. The zero-order valence-electron chi connectivity index (χ0n) is 21.6. The number of hydrogen-bond acceptors (Lipinski definition) is 20. The quantitative estimate of drug-likeness (QED) is 0.118. The van der Waals surface area contributed by atoms with Crippen LogP contribution >= 0.6 is 31.3 Å². The Morgan fingerprint density at radius 3 is 2.21 bits per heavy atom. The first-order valence-electron chi connectivity index (χ1n) is 12.1. The molecule has 3 rings (SSSR count). The molecule has 25 heteroatoms. The Hall–Kier alpha value is -1.21. The highest BCUT2D eigenvalue weighted by Gasteiger charge is 2.36. The fraction of sp³-hybridized carbons (Fsp3) is 0.706. The summed E-state index contributed by atoms with van der Waals surface area (Å²) in [6.07, 6.45) is 1.41. The summed E-state index contributed by atoms with van der Waals surface area (Å²) >= 11 is 0. The minimum Gasteiger partial charge on any atom is -0.756 e. The average molecular weight is 680 g/mol. The zero-order chi connectivity index (χ0) is 31.2. The van der Waals surface area contributed by atoms with Crippen molar-refractivity contribution < 1.29 is 69.7 Å². The lowest BCUT2D eigenvalue weighted by Crippen LogP contribution is -2.27. The molecule has 21 nitrogen and oxygen atoms in total. The van der Waals surface area contributed by atoms with E-state index in [1.807, 2.05) is 0 Å². The number of aromatic nitrogens is 4. The van der Waals surface area contributed by atoms with Gasteiger partial charge in [-0.2, -0.15) is 0 Å². The van der Waals surface area contributed by atoms with Crippen LogP contribution < -0.4 is 31.0 Å². The van der Waals surface area contributed by atoms with Gasteiger partial charge in [0.1, 0.15) is 17.9 Å². The highest BCUT2D eigenvalue weighted by atomic mass is 31.3. The lowest BCUT2D eigenvalue weighted by atomic mass is 10.1. The Labute approximate surface area is 238 Å². The molecule has 5 unspecified atom stereocenters. The summed E-state index contributed by atoms with van der Waals surface area (Å²) in [6.45, 7) is -0.902. The summed E-state index contributed by atoms with van der Waals surface area (Å²) in [6, 6.07) is 0. The van der Waals surface area contributed by atoms with E-state index in [9.17, 15) is 42.9 Å². The van der Waals surface area contributed by atoms with Crippen molar-refractivity contribution in [2.45, 2.75) is 57.0 Å². The van der Waals surface area contributed by atoms with Crippen molar-refractivity contribution in [1.29, 1.82) is 0 Å². The molecule has 5 N–H and O–H groups in total. The maximum atomic E-state index is 12.0. The van der Waals surface area contributed by atoms with Crippen LogP contribution in [0.15, 0.2) is 12.7 Å². The molecular weight excluding hydrogens is 652 g/mol. The Morgan fingerprint density at radius 1 is 0.929 bits per heavy atom. The van der Waals surface area contributed by atoms with Crippen LogP contribution in [0, 0.1) is 0 Å². The van der Waals surface area contributed by atoms with Gasteiger partial charge in [0.15, 0.2) is 11.5 Å². The molecule has 0 bridgehead atoms. The van der Waals surface area contributed by atoms with Crippen LogP contribution in [0.25, 0.3) is 11.2 Å². The van der Waals surface area contributed by atoms with Gasteiger partial charge in [-0.05, 0) is 19.4 Å². The number of nitrogens with zero attached hydrogens (tertiary/aromatic N) is 4. The van der Waals surface area contributed by atoms with E-state index >= 15 is 0 Å². The smallest absolute Gasteiger partial charge is 0.280 e. The average Bonchev–Trinajstić information content (AvgIpc) is 3.41. The molecule has 1 saturated heterocycles. The van der Waals surface area contributed by atoms with Gasteiger partial charge in [-0.15, -0.1) is 0 Å². The molecule has 0 saturated carbocycles. The Balaban J connectivity index is 1.47. The van der Waals surface area contributed by atoms with Crippen molar-refractivity contribution in [2.75, 3.05) is 25.5 Å². The van der Waals surface area contributed by atoms with Gasteiger partial charge in [0.25, 0.3) is 31.3 Å². The van der Waals surface area contributed by atoms with E-state index in [4.69, 9.17) is 16.2 Å². The van der Waals surface area contributed by atoms with Gasteiger partial charge < -0.3 is 54.5 Å². The maximum absolute atomic E-state index is 12.0. The number of phosphoric acid groups is 4. The van der Waals surface area contributed by atoms with Crippen LogP contribution in [0.2, 0.25) is 0 Å². The molecule has 1 aliphatic heterocycles. The number of aliphatic hydroxyl groups excluding tert-OH is 1. The lowest BCUT2D eigenvalue weighted by Gasteiger charge is -2.36. The van der Waals surface area contributed by atoms with E-state index < -0.39 is 62.8 Å². The summed E-state index contributed by atoms with van der Waals surface area (Å²) in [7, 11) is -24.1. The van der Waals surface area contributed by atoms with Crippen LogP contribution in [-0.2, 0) is 51.5 Å². The maximum Gasteiger partial charge on any atom is 0.280 e. The van der Waals surface area contributed by atoms with E-state index in [0.717, 1.165) is 0 Å². The molecule has 42 heavy (non-hydrogen) atoms. The molecule has 240 valence electrons. The lowest BCUT2D eigenvalue weighted by molar-refractivity contribution is -0.254. The molecule has 7 atom stereocenters. The number of hydrogen-bond donors (Lipinski definition) is 3. The standard InChI is InChI=1S/C17H32N6O15P4/c18-5-3-1-2-4-6-33-39(25,26)36-41(29,30)38-42(31,32)37-40(27,28)34-9-14-13(24)7-12(35-14)8-23-11-22-15-16(19)20-10-21-17(15)23/h10-14,24H,1-9,18H2,(H,25,26)(H,27,28)(H,29,30)(H,31,32)(H2,19,20,21)/p-4/t12-,13?,14-/m1/s1. The van der Waals surface area contributed by atoms with E-state index in [1.54, 1.807) is 4.57 Å². The van der Waals surface area contributed by atoms with Crippen molar-refractivity contribution in [1.82, 2.24) is 19.5 Å². The monoisotopic (exact) mass is 680 g/mol. The van der Waals surface area contributed by atoms with Gasteiger partial charge in [-0.25, -0.2) is 27.9 Å². The summed E-state index contributed by atoms with van der Waals surface area (Å²) in [4.78, 5) is 59.3. The predicted molar refractivity (Wildman–Crippen MR) is 132 cm³/mol. The molecular formula is C17H28N6O15P4-4. The number of phosphoric ester groups is 2. The van der Waals surface area contributed by atoms with Crippen molar-refractivity contribution in [3.05, 3.63) is 12.7 Å². The molecule has 0 amide bonds. The molecule has 3 heterocycles. The Kier molecular flexibility index (Phi) is 12.4. The molecule has 0 radical (unpaired) electrons. The molecule has 1 fully saturated rings. The SMILES string of the molecule is NCCCCCCOP(=O)([O-])OP(=O)([O-])OP(=O)([O-])OP(=O)([O-])OC[C@H]1O[C@@H](Cn2cnc3c(N)ncnc32)CC1O. The second-order valence-electron chi connectivity index (χ2n) is 8.79. The fourth-order valence-corrected chi connectivity index (χ4v) is 8.49. The highest BCUT2D eigenvalue weighted by Crippen LogP contribution is 2.66.